The Balaban J connectivity index is 1.72. The second-order valence-corrected chi connectivity index (χ2v) is 7.09. The van der Waals surface area contributed by atoms with Crippen LogP contribution in [0.4, 0.5) is 0 Å². The topological polar surface area (TPSA) is 73.6 Å². The van der Waals surface area contributed by atoms with Gasteiger partial charge in [-0.15, -0.1) is 0 Å². The molecule has 1 aromatic heterocycles. The molecule has 0 fully saturated rings. The molecule has 3 rings (SSSR count). The molecule has 0 aliphatic carbocycles. The van der Waals surface area contributed by atoms with Crippen LogP contribution in [0.1, 0.15) is 51.5 Å². The van der Waals surface area contributed by atoms with E-state index in [0.29, 0.717) is 11.3 Å². The normalized spacial score (nSPS) is 11.8. The van der Waals surface area contributed by atoms with Crippen LogP contribution in [0.3, 0.4) is 0 Å². The number of hydrogen-bond donors (Lipinski definition) is 1. The van der Waals surface area contributed by atoms with Gasteiger partial charge in [0.2, 0.25) is 0 Å². The Labute approximate surface area is 170 Å². The number of methoxy groups -OCH3 is 1. The van der Waals surface area contributed by atoms with Crippen molar-refractivity contribution in [1.29, 1.82) is 0 Å². The fourth-order valence-corrected chi connectivity index (χ4v) is 2.99. The minimum absolute atomic E-state index is 0.196. The number of amides is 1. The molecular weight excluding hydrogens is 368 g/mol. The van der Waals surface area contributed by atoms with Gasteiger partial charge in [-0.25, -0.2) is 0 Å². The molecule has 1 heterocycles. The minimum atomic E-state index is -0.301. The van der Waals surface area contributed by atoms with E-state index in [1.54, 1.807) is 14.0 Å². The number of carbonyl (C=O) groups excluding carboxylic acids is 1. The first kappa shape index (κ1) is 20.5. The van der Waals surface area contributed by atoms with Gasteiger partial charge in [0.25, 0.3) is 5.91 Å². The van der Waals surface area contributed by atoms with E-state index in [9.17, 15) is 4.79 Å². The molecule has 0 aliphatic heterocycles. The van der Waals surface area contributed by atoms with Gasteiger partial charge in [0.15, 0.2) is 5.69 Å². The maximum atomic E-state index is 12.8. The van der Waals surface area contributed by atoms with Crippen molar-refractivity contribution in [3.05, 3.63) is 76.2 Å². The van der Waals surface area contributed by atoms with Crippen LogP contribution in [0, 0.1) is 20.8 Å². The van der Waals surface area contributed by atoms with Gasteiger partial charge in [0, 0.05) is 0 Å². The molecule has 0 spiro atoms. The number of ether oxygens (including phenoxy) is 2. The van der Waals surface area contributed by atoms with Crippen LogP contribution in [-0.4, -0.2) is 18.2 Å². The number of nitrogens with zero attached hydrogens (tertiary/aromatic N) is 1. The number of aromatic nitrogens is 1. The van der Waals surface area contributed by atoms with Gasteiger partial charge in [-0.05, 0) is 62.6 Å². The highest BCUT2D eigenvalue weighted by atomic mass is 16.5. The number of nitrogens with one attached hydrogen (secondary N) is 1. The van der Waals surface area contributed by atoms with Crippen LogP contribution >= 0.6 is 0 Å². The molecule has 1 amide bonds. The van der Waals surface area contributed by atoms with Crippen molar-refractivity contribution in [1.82, 2.24) is 10.5 Å². The summed E-state index contributed by atoms with van der Waals surface area (Å²) in [6.07, 6.45) is 0. The molecule has 0 radical (unpaired) electrons. The lowest BCUT2D eigenvalue weighted by molar-refractivity contribution is 0.0928. The van der Waals surface area contributed by atoms with E-state index >= 15 is 0 Å². The van der Waals surface area contributed by atoms with Crippen LogP contribution in [-0.2, 0) is 6.61 Å². The van der Waals surface area contributed by atoms with Crippen molar-refractivity contribution < 1.29 is 18.8 Å². The summed E-state index contributed by atoms with van der Waals surface area (Å²) in [5, 5.41) is 6.92. The van der Waals surface area contributed by atoms with E-state index in [1.165, 1.54) is 0 Å². The number of aryl methyl sites for hydroxylation is 3. The highest BCUT2D eigenvalue weighted by Crippen LogP contribution is 2.23. The summed E-state index contributed by atoms with van der Waals surface area (Å²) in [5.41, 5.74) is 3.99. The molecule has 29 heavy (non-hydrogen) atoms. The Kier molecular flexibility index (Phi) is 6.22. The lowest BCUT2D eigenvalue weighted by Crippen LogP contribution is -2.28. The quantitative estimate of drug-likeness (QED) is 0.630. The Bertz CT molecular complexity index is 993. The van der Waals surface area contributed by atoms with E-state index in [1.807, 2.05) is 63.2 Å². The predicted octanol–water partition coefficient (Wildman–Crippen LogP) is 4.68. The Morgan fingerprint density at radius 3 is 2.55 bits per heavy atom. The Morgan fingerprint density at radius 1 is 1.14 bits per heavy atom. The van der Waals surface area contributed by atoms with Crippen molar-refractivity contribution >= 4 is 5.91 Å². The average Bonchev–Trinajstić information content (AvgIpc) is 3.09. The van der Waals surface area contributed by atoms with Crippen LogP contribution < -0.4 is 14.8 Å². The standard InChI is InChI=1S/C23H26N2O4/c1-14-6-7-15(2)21(12-14)28-13-20-17(4)29-25-22(20)23(26)24-16(3)18-8-10-19(27-5)11-9-18/h6-12,16H,13H2,1-5H3,(H,24,26). The van der Waals surface area contributed by atoms with Crippen LogP contribution in [0.15, 0.2) is 47.0 Å². The van der Waals surface area contributed by atoms with E-state index in [0.717, 1.165) is 28.2 Å². The fourth-order valence-electron chi connectivity index (χ4n) is 2.99. The van der Waals surface area contributed by atoms with Gasteiger partial charge in [0.05, 0.1) is 18.7 Å². The third-order valence-electron chi connectivity index (χ3n) is 4.88. The fraction of sp³-hybridized carbons (Fsp3) is 0.304. The molecule has 6 heteroatoms. The molecule has 6 nitrogen and oxygen atoms in total. The molecule has 0 aliphatic rings. The third-order valence-corrected chi connectivity index (χ3v) is 4.88. The molecule has 2 aromatic carbocycles. The number of benzene rings is 2. The monoisotopic (exact) mass is 394 g/mol. The first-order valence-corrected chi connectivity index (χ1v) is 9.49. The molecule has 0 bridgehead atoms. The van der Waals surface area contributed by atoms with E-state index in [4.69, 9.17) is 14.0 Å². The molecule has 152 valence electrons. The first-order valence-electron chi connectivity index (χ1n) is 9.49. The maximum absolute atomic E-state index is 12.8. The highest BCUT2D eigenvalue weighted by Gasteiger charge is 2.22. The number of carbonyl (C=O) groups is 1. The van der Waals surface area contributed by atoms with Crippen molar-refractivity contribution in [3.63, 3.8) is 0 Å². The summed E-state index contributed by atoms with van der Waals surface area (Å²) in [6, 6.07) is 13.4. The Hall–Kier alpha value is -3.28. The van der Waals surface area contributed by atoms with Crippen molar-refractivity contribution in [2.45, 2.75) is 40.3 Å². The van der Waals surface area contributed by atoms with Gasteiger partial charge in [-0.3, -0.25) is 4.79 Å². The second kappa shape index (κ2) is 8.82. The molecule has 0 saturated heterocycles. The summed E-state index contributed by atoms with van der Waals surface area (Å²) in [5.74, 6) is 1.82. The number of rotatable bonds is 7. The molecule has 1 atom stereocenters. The SMILES string of the molecule is COc1ccc(C(C)NC(=O)c2noc(C)c2COc2cc(C)ccc2C)cc1. The van der Waals surface area contributed by atoms with E-state index < -0.39 is 0 Å². The van der Waals surface area contributed by atoms with Crippen LogP contribution in [0.2, 0.25) is 0 Å². The molecule has 3 aromatic rings. The van der Waals surface area contributed by atoms with Gasteiger partial charge in [-0.1, -0.05) is 29.4 Å². The second-order valence-electron chi connectivity index (χ2n) is 7.09. The summed E-state index contributed by atoms with van der Waals surface area (Å²) in [6.45, 7) is 7.90. The smallest absolute Gasteiger partial charge is 0.274 e. The van der Waals surface area contributed by atoms with Gasteiger partial charge in [-0.2, -0.15) is 0 Å². The summed E-state index contributed by atoms with van der Waals surface area (Å²) in [7, 11) is 1.62. The average molecular weight is 394 g/mol. The largest absolute Gasteiger partial charge is 0.497 e. The van der Waals surface area contributed by atoms with E-state index in [-0.39, 0.29) is 24.2 Å². The van der Waals surface area contributed by atoms with Gasteiger partial charge < -0.3 is 19.3 Å². The summed E-state index contributed by atoms with van der Waals surface area (Å²) < 4.78 is 16.4. The maximum Gasteiger partial charge on any atom is 0.274 e. The van der Waals surface area contributed by atoms with Crippen LogP contribution in [0.25, 0.3) is 0 Å². The predicted molar refractivity (Wildman–Crippen MR) is 110 cm³/mol. The van der Waals surface area contributed by atoms with Crippen LogP contribution in [0.5, 0.6) is 11.5 Å². The zero-order valence-corrected chi connectivity index (χ0v) is 17.4. The van der Waals surface area contributed by atoms with Crippen molar-refractivity contribution in [2.24, 2.45) is 0 Å². The number of hydrogen-bond acceptors (Lipinski definition) is 5. The molecule has 1 N–H and O–H groups in total. The third kappa shape index (κ3) is 4.77. The molecule has 1 unspecified atom stereocenters. The van der Waals surface area contributed by atoms with Gasteiger partial charge >= 0.3 is 0 Å². The lowest BCUT2D eigenvalue weighted by Gasteiger charge is -2.15. The zero-order valence-electron chi connectivity index (χ0n) is 17.4. The van der Waals surface area contributed by atoms with E-state index in [2.05, 4.69) is 10.5 Å². The first-order chi connectivity index (χ1) is 13.9. The van der Waals surface area contributed by atoms with Crippen molar-refractivity contribution in [2.75, 3.05) is 7.11 Å². The van der Waals surface area contributed by atoms with Gasteiger partial charge in [0.1, 0.15) is 23.9 Å². The zero-order chi connectivity index (χ0) is 21.0. The lowest BCUT2D eigenvalue weighted by atomic mass is 10.1. The Morgan fingerprint density at radius 2 is 1.86 bits per heavy atom. The summed E-state index contributed by atoms with van der Waals surface area (Å²) in [4.78, 5) is 12.8. The summed E-state index contributed by atoms with van der Waals surface area (Å²) >= 11 is 0. The molecule has 0 saturated carbocycles. The van der Waals surface area contributed by atoms with Crippen molar-refractivity contribution in [3.8, 4) is 11.5 Å². The minimum Gasteiger partial charge on any atom is -0.497 e. The highest BCUT2D eigenvalue weighted by molar-refractivity contribution is 5.94. The molecular formula is C23H26N2O4.